The van der Waals surface area contributed by atoms with Crippen LogP contribution in [0.3, 0.4) is 0 Å². The minimum atomic E-state index is -0.688. The highest BCUT2D eigenvalue weighted by Gasteiger charge is 2.46. The first-order valence-electron chi connectivity index (χ1n) is 26.4. The van der Waals surface area contributed by atoms with E-state index in [1.54, 1.807) is 0 Å². The van der Waals surface area contributed by atoms with Crippen LogP contribution in [0, 0.1) is 0 Å². The summed E-state index contributed by atoms with van der Waals surface area (Å²) in [5.41, 5.74) is 19.1. The molecule has 14 aromatic rings. The lowest BCUT2D eigenvalue weighted by Gasteiger charge is -2.35. The lowest BCUT2D eigenvalue weighted by molar-refractivity contribution is 0.587. The molecule has 0 radical (unpaired) electrons. The molecule has 76 heavy (non-hydrogen) atoms. The Morgan fingerprint density at radius 1 is 0.342 bits per heavy atom. The van der Waals surface area contributed by atoms with Crippen LogP contribution in [-0.4, -0.2) is 0 Å². The smallest absolute Gasteiger partial charge is 0.137 e. The van der Waals surface area contributed by atoms with Gasteiger partial charge in [0, 0.05) is 27.5 Å². The molecule has 360 valence electrons. The van der Waals surface area contributed by atoms with E-state index in [1.807, 2.05) is 0 Å². The summed E-state index contributed by atoms with van der Waals surface area (Å²) in [4.78, 5) is 2.44. The number of hydrogen-bond donors (Lipinski definition) is 0. The summed E-state index contributed by atoms with van der Waals surface area (Å²) < 4.78 is 13.5. The van der Waals surface area contributed by atoms with Crippen LogP contribution in [-0.2, 0) is 10.8 Å². The van der Waals surface area contributed by atoms with Crippen molar-refractivity contribution in [2.75, 3.05) is 4.90 Å². The molecule has 1 unspecified atom stereocenters. The average molecular weight is 974 g/mol. The van der Waals surface area contributed by atoms with Gasteiger partial charge in [-0.05, 0) is 161 Å². The predicted octanol–water partition coefficient (Wildman–Crippen LogP) is 20.3. The molecule has 0 fully saturated rings. The summed E-state index contributed by atoms with van der Waals surface area (Å²) in [6, 6.07) is 93.8. The summed E-state index contributed by atoms with van der Waals surface area (Å²) in [5.74, 6) is 0. The van der Waals surface area contributed by atoms with Crippen molar-refractivity contribution < 1.29 is 8.83 Å². The van der Waals surface area contributed by atoms with Gasteiger partial charge in [0.05, 0.1) is 16.5 Å². The first-order valence-corrected chi connectivity index (χ1v) is 26.4. The molecule has 12 aromatic carbocycles. The molecule has 2 aromatic heterocycles. The maximum absolute atomic E-state index is 6.84. The summed E-state index contributed by atoms with van der Waals surface area (Å²) in [6.07, 6.45) is 0. The molecule has 1 aliphatic carbocycles. The number of anilines is 3. The molecule has 0 N–H and O–H groups in total. The number of furan rings is 2. The Balaban J connectivity index is 0.996. The Labute approximate surface area is 441 Å². The van der Waals surface area contributed by atoms with Gasteiger partial charge in [-0.15, -0.1) is 0 Å². The third kappa shape index (κ3) is 6.75. The molecule has 0 saturated carbocycles. The van der Waals surface area contributed by atoms with Crippen molar-refractivity contribution in [2.24, 2.45) is 0 Å². The monoisotopic (exact) mass is 973 g/mol. The van der Waals surface area contributed by atoms with E-state index in [9.17, 15) is 0 Å². The zero-order valence-electron chi connectivity index (χ0n) is 42.5. The van der Waals surface area contributed by atoms with Crippen molar-refractivity contribution in [1.29, 1.82) is 0 Å². The zero-order chi connectivity index (χ0) is 50.7. The van der Waals surface area contributed by atoms with Gasteiger partial charge in [0.15, 0.2) is 0 Å². The van der Waals surface area contributed by atoms with E-state index < -0.39 is 5.41 Å². The van der Waals surface area contributed by atoms with Crippen LogP contribution in [0.4, 0.5) is 17.1 Å². The fourth-order valence-electron chi connectivity index (χ4n) is 12.6. The van der Waals surface area contributed by atoms with E-state index in [2.05, 4.69) is 280 Å². The van der Waals surface area contributed by atoms with Crippen molar-refractivity contribution in [3.8, 4) is 33.4 Å². The molecule has 3 heteroatoms. The van der Waals surface area contributed by atoms with Gasteiger partial charge < -0.3 is 13.7 Å². The van der Waals surface area contributed by atoms with Gasteiger partial charge in [-0.2, -0.15) is 0 Å². The van der Waals surface area contributed by atoms with Crippen molar-refractivity contribution in [2.45, 2.75) is 31.6 Å². The fourth-order valence-corrected chi connectivity index (χ4v) is 12.6. The van der Waals surface area contributed by atoms with Crippen LogP contribution in [0.15, 0.2) is 264 Å². The molecule has 3 nitrogen and oxygen atoms in total. The molecule has 15 rings (SSSR count). The highest BCUT2D eigenvalue weighted by molar-refractivity contribution is 6.16. The quantitative estimate of drug-likeness (QED) is 0.159. The van der Waals surface area contributed by atoms with E-state index in [-0.39, 0.29) is 5.41 Å². The molecule has 0 spiro atoms. The standard InChI is InChI=1S/C73H51NO2/c1-72(2,3)54-36-38-60-69(44-54)76-68-29-15-27-65(71(60)68)74(57-37-39-66-62(45-57)70-58(25-14-28-67(70)75-66)48-17-5-4-6-18-48)56-23-13-22-55(43-56)73(53-34-32-47(33-35-53)52-31-30-46-16-7-8-19-49(46)40-52)63-26-12-11-24-59(63)61-41-50-20-9-10-21-51(50)42-64(61)73/h4-45H,1-3H3. The van der Waals surface area contributed by atoms with Crippen LogP contribution >= 0.6 is 0 Å². The molecule has 1 aliphatic rings. The Kier molecular flexibility index (Phi) is 9.74. The summed E-state index contributed by atoms with van der Waals surface area (Å²) >= 11 is 0. The van der Waals surface area contributed by atoms with Crippen molar-refractivity contribution in [3.63, 3.8) is 0 Å². The van der Waals surface area contributed by atoms with Crippen LogP contribution in [0.5, 0.6) is 0 Å². The number of rotatable bonds is 7. The van der Waals surface area contributed by atoms with Gasteiger partial charge in [0.2, 0.25) is 0 Å². The predicted molar refractivity (Wildman–Crippen MR) is 318 cm³/mol. The molecular weight excluding hydrogens is 923 g/mol. The number of hydrogen-bond acceptors (Lipinski definition) is 3. The Bertz CT molecular complexity index is 4630. The Morgan fingerprint density at radius 2 is 1.00 bits per heavy atom. The van der Waals surface area contributed by atoms with Gasteiger partial charge in [-0.25, -0.2) is 0 Å². The highest BCUT2D eigenvalue weighted by Crippen LogP contribution is 2.58. The summed E-state index contributed by atoms with van der Waals surface area (Å²) in [5, 5.41) is 9.21. The van der Waals surface area contributed by atoms with Gasteiger partial charge in [0.25, 0.3) is 0 Å². The lowest BCUT2D eigenvalue weighted by Crippen LogP contribution is -2.29. The largest absolute Gasteiger partial charge is 0.456 e. The van der Waals surface area contributed by atoms with Crippen molar-refractivity contribution in [3.05, 3.63) is 283 Å². The number of fused-ring (bicyclic) bond motifs is 11. The lowest BCUT2D eigenvalue weighted by atomic mass is 9.67. The summed E-state index contributed by atoms with van der Waals surface area (Å²) in [6.45, 7) is 6.77. The highest BCUT2D eigenvalue weighted by atomic mass is 16.3. The third-order valence-electron chi connectivity index (χ3n) is 16.3. The zero-order valence-corrected chi connectivity index (χ0v) is 42.5. The van der Waals surface area contributed by atoms with Gasteiger partial charge in [0.1, 0.15) is 22.3 Å². The Morgan fingerprint density at radius 3 is 1.82 bits per heavy atom. The third-order valence-corrected chi connectivity index (χ3v) is 16.3. The minimum absolute atomic E-state index is 0.0413. The van der Waals surface area contributed by atoms with Crippen molar-refractivity contribution in [1.82, 2.24) is 0 Å². The van der Waals surface area contributed by atoms with E-state index >= 15 is 0 Å². The number of nitrogens with zero attached hydrogens (tertiary/aromatic N) is 1. The normalized spacial score (nSPS) is 14.3. The van der Waals surface area contributed by atoms with Gasteiger partial charge in [-0.3, -0.25) is 0 Å². The molecule has 0 saturated heterocycles. The van der Waals surface area contributed by atoms with Crippen LogP contribution < -0.4 is 4.90 Å². The SMILES string of the molecule is CC(C)(C)c1ccc2c(c1)oc1cccc(N(c3cccc(C4(c5ccc(-c6ccc7ccccc7c6)cc5)c5ccccc5-c5cc6ccccc6cc54)c3)c3ccc4oc5cccc(-c6ccccc6)c5c4c3)c12. The Hall–Kier alpha value is -9.44. The van der Waals surface area contributed by atoms with E-state index in [0.29, 0.717) is 0 Å². The summed E-state index contributed by atoms with van der Waals surface area (Å²) in [7, 11) is 0. The average Bonchev–Trinajstić information content (AvgIpc) is 4.22. The first-order chi connectivity index (χ1) is 37.3. The number of benzene rings is 12. The second-order valence-corrected chi connectivity index (χ2v) is 21.6. The molecule has 0 amide bonds. The minimum Gasteiger partial charge on any atom is -0.456 e. The van der Waals surface area contributed by atoms with Gasteiger partial charge in [-0.1, -0.05) is 203 Å². The van der Waals surface area contributed by atoms with E-state index in [1.165, 1.54) is 71.6 Å². The molecular formula is C73H51NO2. The molecule has 0 bridgehead atoms. The topological polar surface area (TPSA) is 29.5 Å². The molecule has 0 aliphatic heterocycles. The van der Waals surface area contributed by atoms with Crippen LogP contribution in [0.25, 0.3) is 98.8 Å². The second kappa shape index (κ2) is 16.8. The van der Waals surface area contributed by atoms with Crippen LogP contribution in [0.2, 0.25) is 0 Å². The van der Waals surface area contributed by atoms with Crippen molar-refractivity contribution >= 4 is 82.5 Å². The molecule has 1 atom stereocenters. The maximum Gasteiger partial charge on any atom is 0.137 e. The van der Waals surface area contributed by atoms with Gasteiger partial charge >= 0.3 is 0 Å². The van der Waals surface area contributed by atoms with E-state index in [4.69, 9.17) is 8.83 Å². The second-order valence-electron chi connectivity index (χ2n) is 21.6. The van der Waals surface area contributed by atoms with E-state index in [0.717, 1.165) is 72.1 Å². The molecule has 2 heterocycles. The maximum atomic E-state index is 6.84. The van der Waals surface area contributed by atoms with Crippen LogP contribution in [0.1, 0.15) is 48.6 Å². The fraction of sp³-hybridized carbons (Fsp3) is 0.0685. The first kappa shape index (κ1) is 44.1.